The maximum atomic E-state index is 12.8. The minimum Gasteiger partial charge on any atom is -0.507 e. The third-order valence-electron chi connectivity index (χ3n) is 5.06. The van der Waals surface area contributed by atoms with E-state index in [1.54, 1.807) is 0 Å². The maximum Gasteiger partial charge on any atom is 0.573 e. The third kappa shape index (κ3) is 4.96. The van der Waals surface area contributed by atoms with E-state index in [9.17, 15) is 18.3 Å². The molecule has 1 saturated heterocycles. The molecule has 0 unspecified atom stereocenters. The summed E-state index contributed by atoms with van der Waals surface area (Å²) in [6.07, 6.45) is -2.93. The van der Waals surface area contributed by atoms with Gasteiger partial charge in [-0.3, -0.25) is 0 Å². The number of phenolic OH excluding ortho intramolecular Hbond substituents is 1. The van der Waals surface area contributed by atoms with Crippen LogP contribution in [-0.4, -0.2) is 52.0 Å². The molecule has 4 rings (SSSR count). The van der Waals surface area contributed by atoms with Crippen LogP contribution in [0.5, 0.6) is 11.5 Å². The van der Waals surface area contributed by atoms with Crippen molar-refractivity contribution in [2.24, 2.45) is 0 Å². The van der Waals surface area contributed by atoms with Crippen molar-refractivity contribution >= 4 is 28.8 Å². The summed E-state index contributed by atoms with van der Waals surface area (Å²) in [6, 6.07) is 5.49. The number of likely N-dealkylation sites (tertiary alicyclic amines) is 1. The van der Waals surface area contributed by atoms with Gasteiger partial charge in [-0.1, -0.05) is 18.5 Å². The van der Waals surface area contributed by atoms with Gasteiger partial charge in [0, 0.05) is 23.7 Å². The molecule has 1 aliphatic rings. The minimum absolute atomic E-state index is 0.0376. The van der Waals surface area contributed by atoms with E-state index in [1.807, 2.05) is 0 Å². The summed E-state index contributed by atoms with van der Waals surface area (Å²) in [5, 5.41) is 13.4. The summed E-state index contributed by atoms with van der Waals surface area (Å²) in [5.41, 5.74) is 0.346. The molecule has 0 radical (unpaired) electrons. The van der Waals surface area contributed by atoms with Gasteiger partial charge in [-0.05, 0) is 44.1 Å². The monoisotopic (exact) mass is 456 g/mol. The fraction of sp³-hybridized carbons (Fsp3) is 0.400. The molecule has 3 heterocycles. The van der Waals surface area contributed by atoms with Gasteiger partial charge in [0.25, 0.3) is 6.01 Å². The lowest BCUT2D eigenvalue weighted by atomic mass is 10.1. The average Bonchev–Trinajstić information content (AvgIpc) is 3.07. The van der Waals surface area contributed by atoms with E-state index < -0.39 is 17.9 Å². The standard InChI is InChI=1S/C20H20ClF3N4O3/c1-2-28-7-3-4-12(10-28)25-19-27-18-15(30-19)6-5-13(26-18)17-14(29)8-11(21)9-16(17)31-20(22,23)24/h5-6,8-9,12,29H,2-4,7,10H2,1H3,(H,25,26,27)/t12-/m1/s1. The van der Waals surface area contributed by atoms with Crippen LogP contribution in [0.3, 0.4) is 0 Å². The van der Waals surface area contributed by atoms with Crippen LogP contribution < -0.4 is 10.1 Å². The Labute approximate surface area is 180 Å². The zero-order valence-electron chi connectivity index (χ0n) is 16.5. The number of anilines is 1. The number of oxazole rings is 1. The van der Waals surface area contributed by atoms with Crippen LogP contribution in [0.15, 0.2) is 28.7 Å². The molecule has 0 aliphatic carbocycles. The lowest BCUT2D eigenvalue weighted by Gasteiger charge is -2.31. The molecule has 0 bridgehead atoms. The second kappa shape index (κ2) is 8.43. The van der Waals surface area contributed by atoms with Crippen molar-refractivity contribution in [3.8, 4) is 22.8 Å². The van der Waals surface area contributed by atoms with Gasteiger partial charge in [-0.2, -0.15) is 4.98 Å². The number of fused-ring (bicyclic) bond motifs is 1. The number of piperidine rings is 1. The normalized spacial score (nSPS) is 17.8. The highest BCUT2D eigenvalue weighted by Gasteiger charge is 2.33. The summed E-state index contributed by atoms with van der Waals surface area (Å²) in [4.78, 5) is 10.9. The van der Waals surface area contributed by atoms with Gasteiger partial charge in [0.05, 0.1) is 11.3 Å². The highest BCUT2D eigenvalue weighted by molar-refractivity contribution is 6.31. The molecular weight excluding hydrogens is 437 g/mol. The van der Waals surface area contributed by atoms with Crippen molar-refractivity contribution in [3.05, 3.63) is 29.3 Å². The Morgan fingerprint density at radius 1 is 1.32 bits per heavy atom. The van der Waals surface area contributed by atoms with Gasteiger partial charge in [-0.25, -0.2) is 4.98 Å². The Morgan fingerprint density at radius 2 is 2.13 bits per heavy atom. The molecule has 3 aromatic rings. The number of hydrogen-bond acceptors (Lipinski definition) is 7. The number of nitrogens with zero attached hydrogens (tertiary/aromatic N) is 3. The Kier molecular flexibility index (Phi) is 5.85. The first-order valence-corrected chi connectivity index (χ1v) is 10.1. The maximum absolute atomic E-state index is 12.8. The largest absolute Gasteiger partial charge is 0.573 e. The number of hydrogen-bond donors (Lipinski definition) is 2. The van der Waals surface area contributed by atoms with Crippen LogP contribution in [0.1, 0.15) is 19.8 Å². The summed E-state index contributed by atoms with van der Waals surface area (Å²) in [6.45, 7) is 4.99. The van der Waals surface area contributed by atoms with E-state index in [2.05, 4.69) is 31.8 Å². The topological polar surface area (TPSA) is 83.7 Å². The van der Waals surface area contributed by atoms with E-state index in [0.717, 1.165) is 44.6 Å². The molecule has 31 heavy (non-hydrogen) atoms. The highest BCUT2D eigenvalue weighted by Crippen LogP contribution is 2.42. The third-order valence-corrected chi connectivity index (χ3v) is 5.28. The number of likely N-dealkylation sites (N-methyl/N-ethyl adjacent to an activating group) is 1. The number of rotatable bonds is 5. The summed E-state index contributed by atoms with van der Waals surface area (Å²) >= 11 is 5.78. The number of benzene rings is 1. The zero-order chi connectivity index (χ0) is 22.2. The Hall–Kier alpha value is -2.72. The van der Waals surface area contributed by atoms with Gasteiger partial charge in [0.15, 0.2) is 5.58 Å². The molecule has 11 heteroatoms. The van der Waals surface area contributed by atoms with Crippen molar-refractivity contribution in [3.63, 3.8) is 0 Å². The lowest BCUT2D eigenvalue weighted by molar-refractivity contribution is -0.274. The van der Waals surface area contributed by atoms with E-state index >= 15 is 0 Å². The van der Waals surface area contributed by atoms with Crippen LogP contribution in [-0.2, 0) is 0 Å². The lowest BCUT2D eigenvalue weighted by Crippen LogP contribution is -2.41. The molecule has 0 saturated carbocycles. The molecule has 0 amide bonds. The van der Waals surface area contributed by atoms with Crippen LogP contribution in [0.4, 0.5) is 19.2 Å². The van der Waals surface area contributed by atoms with Crippen LogP contribution in [0.25, 0.3) is 22.5 Å². The molecule has 1 aliphatic heterocycles. The average molecular weight is 457 g/mol. The predicted molar refractivity (Wildman–Crippen MR) is 109 cm³/mol. The zero-order valence-corrected chi connectivity index (χ0v) is 17.3. The summed E-state index contributed by atoms with van der Waals surface area (Å²) < 4.78 is 48.2. The molecule has 1 fully saturated rings. The minimum atomic E-state index is -4.96. The second-order valence-electron chi connectivity index (χ2n) is 7.26. The van der Waals surface area contributed by atoms with Gasteiger partial charge in [-0.15, -0.1) is 13.2 Å². The quantitative estimate of drug-likeness (QED) is 0.556. The van der Waals surface area contributed by atoms with Crippen molar-refractivity contribution in [2.75, 3.05) is 25.0 Å². The predicted octanol–water partition coefficient (Wildman–Crippen LogP) is 5.04. The first kappa shape index (κ1) is 21.5. The van der Waals surface area contributed by atoms with Gasteiger partial charge >= 0.3 is 6.36 Å². The molecule has 7 nitrogen and oxygen atoms in total. The van der Waals surface area contributed by atoms with E-state index in [4.69, 9.17) is 16.0 Å². The fourth-order valence-electron chi connectivity index (χ4n) is 3.69. The number of pyridine rings is 1. The molecule has 1 aromatic carbocycles. The van der Waals surface area contributed by atoms with Crippen molar-refractivity contribution in [1.29, 1.82) is 0 Å². The molecule has 0 spiro atoms. The van der Waals surface area contributed by atoms with Crippen molar-refractivity contribution in [2.45, 2.75) is 32.2 Å². The first-order valence-electron chi connectivity index (χ1n) is 9.77. The van der Waals surface area contributed by atoms with Crippen molar-refractivity contribution in [1.82, 2.24) is 14.9 Å². The smallest absolute Gasteiger partial charge is 0.507 e. The SMILES string of the molecule is CCN1CCC[C@@H](Nc2nc3nc(-c4c(O)cc(Cl)cc4OC(F)(F)F)ccc3o2)C1. The summed E-state index contributed by atoms with van der Waals surface area (Å²) in [5.74, 6) is -1.16. The Balaban J connectivity index is 1.64. The first-order chi connectivity index (χ1) is 14.7. The van der Waals surface area contributed by atoms with E-state index in [-0.39, 0.29) is 34.0 Å². The van der Waals surface area contributed by atoms with E-state index in [1.165, 1.54) is 12.1 Å². The number of aromatic nitrogens is 2. The molecule has 166 valence electrons. The number of phenols is 1. The molecule has 2 aromatic heterocycles. The van der Waals surface area contributed by atoms with Crippen LogP contribution in [0.2, 0.25) is 5.02 Å². The molecular formula is C20H20ClF3N4O3. The van der Waals surface area contributed by atoms with Gasteiger partial charge in [0.1, 0.15) is 11.5 Å². The number of halogens is 4. The number of alkyl halides is 3. The van der Waals surface area contributed by atoms with Crippen molar-refractivity contribution < 1.29 is 27.4 Å². The number of aromatic hydroxyl groups is 1. The Morgan fingerprint density at radius 3 is 2.87 bits per heavy atom. The number of nitrogens with one attached hydrogen (secondary N) is 1. The molecule has 1 atom stereocenters. The number of ether oxygens (including phenoxy) is 1. The second-order valence-corrected chi connectivity index (χ2v) is 7.70. The van der Waals surface area contributed by atoms with Crippen LogP contribution >= 0.6 is 11.6 Å². The Bertz CT molecular complexity index is 1090. The van der Waals surface area contributed by atoms with E-state index in [0.29, 0.717) is 5.58 Å². The summed E-state index contributed by atoms with van der Waals surface area (Å²) in [7, 11) is 0. The highest BCUT2D eigenvalue weighted by atomic mass is 35.5. The fourth-order valence-corrected chi connectivity index (χ4v) is 3.89. The van der Waals surface area contributed by atoms with Gasteiger partial charge < -0.3 is 24.5 Å². The molecule has 2 N–H and O–H groups in total. The van der Waals surface area contributed by atoms with Gasteiger partial charge in [0.2, 0.25) is 5.65 Å². The van der Waals surface area contributed by atoms with Crippen LogP contribution in [0, 0.1) is 0 Å².